The highest BCUT2D eigenvalue weighted by atomic mass is 32.2. The first kappa shape index (κ1) is 14.1. The maximum absolute atomic E-state index is 12.3. The Hall–Kier alpha value is -0.880. The summed E-state index contributed by atoms with van der Waals surface area (Å²) in [4.78, 5) is 13.6. The third-order valence-electron chi connectivity index (χ3n) is 4.29. The van der Waals surface area contributed by atoms with Gasteiger partial charge in [0.25, 0.3) is 0 Å². The Labute approximate surface area is 123 Å². The first-order chi connectivity index (χ1) is 9.30. The molecule has 0 bridgehead atoms. The Morgan fingerprint density at radius 2 is 2.25 bits per heavy atom. The van der Waals surface area contributed by atoms with Crippen LogP contribution in [0.25, 0.3) is 0 Å². The van der Waals surface area contributed by atoms with Crippen molar-refractivity contribution in [3.63, 3.8) is 0 Å². The highest BCUT2D eigenvalue weighted by Gasteiger charge is 2.48. The van der Waals surface area contributed by atoms with E-state index in [1.165, 1.54) is 10.4 Å². The van der Waals surface area contributed by atoms with Gasteiger partial charge in [-0.3, -0.25) is 4.79 Å². The van der Waals surface area contributed by atoms with Crippen molar-refractivity contribution >= 4 is 27.1 Å². The van der Waals surface area contributed by atoms with Crippen LogP contribution in [0.15, 0.2) is 11.4 Å². The van der Waals surface area contributed by atoms with E-state index in [0.717, 1.165) is 6.42 Å². The first-order valence-electron chi connectivity index (χ1n) is 6.86. The van der Waals surface area contributed by atoms with Gasteiger partial charge >= 0.3 is 0 Å². The molecule has 3 rings (SSSR count). The van der Waals surface area contributed by atoms with E-state index < -0.39 is 15.4 Å². The van der Waals surface area contributed by atoms with Crippen molar-refractivity contribution in [1.82, 2.24) is 5.32 Å². The van der Waals surface area contributed by atoms with Crippen molar-refractivity contribution in [3.8, 4) is 0 Å². The van der Waals surface area contributed by atoms with E-state index in [4.69, 9.17) is 0 Å². The van der Waals surface area contributed by atoms with Crippen LogP contribution in [-0.4, -0.2) is 31.4 Å². The van der Waals surface area contributed by atoms with Gasteiger partial charge in [0.1, 0.15) is 0 Å². The van der Waals surface area contributed by atoms with Crippen LogP contribution < -0.4 is 5.32 Å². The van der Waals surface area contributed by atoms with Gasteiger partial charge in [-0.15, -0.1) is 11.3 Å². The summed E-state index contributed by atoms with van der Waals surface area (Å²) in [5.41, 5.74) is 0.679. The maximum Gasteiger partial charge on any atom is 0.224 e. The fourth-order valence-corrected chi connectivity index (χ4v) is 6.24. The molecule has 0 radical (unpaired) electrons. The third kappa shape index (κ3) is 2.63. The topological polar surface area (TPSA) is 63.2 Å². The molecular weight excluding hydrogens is 294 g/mol. The second kappa shape index (κ2) is 4.56. The van der Waals surface area contributed by atoms with E-state index in [-0.39, 0.29) is 23.3 Å². The molecule has 110 valence electrons. The van der Waals surface area contributed by atoms with Crippen LogP contribution in [0.1, 0.15) is 36.1 Å². The summed E-state index contributed by atoms with van der Waals surface area (Å²) in [6.07, 6.45) is 1.41. The average Bonchev–Trinajstić information content (AvgIpc) is 2.94. The normalized spacial score (nSPS) is 34.9. The predicted octanol–water partition coefficient (Wildman–Crippen LogP) is 1.85. The molecule has 4 nitrogen and oxygen atoms in total. The van der Waals surface area contributed by atoms with Crippen LogP contribution in [0.3, 0.4) is 0 Å². The van der Waals surface area contributed by atoms with Crippen molar-refractivity contribution < 1.29 is 13.2 Å². The lowest BCUT2D eigenvalue weighted by molar-refractivity contribution is -0.123. The Morgan fingerprint density at radius 3 is 2.80 bits per heavy atom. The molecule has 20 heavy (non-hydrogen) atoms. The molecule has 1 amide bonds. The third-order valence-corrected chi connectivity index (χ3v) is 7.35. The molecule has 3 atom stereocenters. The van der Waals surface area contributed by atoms with E-state index in [2.05, 4.69) is 23.7 Å². The smallest absolute Gasteiger partial charge is 0.224 e. The lowest BCUT2D eigenvalue weighted by Crippen LogP contribution is -2.47. The molecule has 1 saturated heterocycles. The lowest BCUT2D eigenvalue weighted by atomic mass is 10.0. The van der Waals surface area contributed by atoms with Gasteiger partial charge in [0.15, 0.2) is 9.84 Å². The van der Waals surface area contributed by atoms with Crippen molar-refractivity contribution in [2.75, 3.05) is 11.5 Å². The largest absolute Gasteiger partial charge is 0.350 e. The van der Waals surface area contributed by atoms with Gasteiger partial charge in [-0.05, 0) is 43.7 Å². The minimum atomic E-state index is -2.98. The average molecular weight is 313 g/mol. The molecular formula is C14H19NO3S2. The van der Waals surface area contributed by atoms with E-state index in [9.17, 15) is 13.2 Å². The van der Waals surface area contributed by atoms with Crippen molar-refractivity contribution in [2.24, 2.45) is 5.92 Å². The standard InChI is InChI=1S/C14H19NO3S2/c1-9-3-5-19-12(9)10-7-11(10)13(16)15-14(2)4-6-20(17,18)8-14/h3,5,10-11H,4,6-8H2,1-2H3,(H,15,16)/t10-,11-,14-/m1/s1. The molecule has 1 aromatic heterocycles. The van der Waals surface area contributed by atoms with E-state index >= 15 is 0 Å². The van der Waals surface area contributed by atoms with Gasteiger partial charge in [0.05, 0.1) is 17.0 Å². The van der Waals surface area contributed by atoms with Gasteiger partial charge in [-0.25, -0.2) is 8.42 Å². The molecule has 1 saturated carbocycles. The number of hydrogen-bond acceptors (Lipinski definition) is 4. The number of sulfone groups is 1. The summed E-state index contributed by atoms with van der Waals surface area (Å²) in [5, 5.41) is 5.03. The molecule has 1 aromatic rings. The van der Waals surface area contributed by atoms with Gasteiger partial charge in [0.2, 0.25) is 5.91 Å². The monoisotopic (exact) mass is 313 g/mol. The van der Waals surface area contributed by atoms with Crippen LogP contribution in [0.2, 0.25) is 0 Å². The zero-order chi connectivity index (χ0) is 14.5. The van der Waals surface area contributed by atoms with Gasteiger partial charge < -0.3 is 5.32 Å². The summed E-state index contributed by atoms with van der Waals surface area (Å²) >= 11 is 1.71. The van der Waals surface area contributed by atoms with Crippen molar-refractivity contribution in [2.45, 2.75) is 38.1 Å². The second-order valence-corrected chi connectivity index (χ2v) is 9.44. The predicted molar refractivity (Wildman–Crippen MR) is 79.7 cm³/mol. The number of nitrogens with one attached hydrogen (secondary N) is 1. The summed E-state index contributed by atoms with van der Waals surface area (Å²) in [5.74, 6) is 0.620. The summed E-state index contributed by atoms with van der Waals surface area (Å²) in [6.45, 7) is 3.91. The highest BCUT2D eigenvalue weighted by Crippen LogP contribution is 2.50. The van der Waals surface area contributed by atoms with Gasteiger partial charge in [-0.2, -0.15) is 0 Å². The number of rotatable bonds is 3. The Balaban J connectivity index is 1.64. The van der Waals surface area contributed by atoms with Crippen LogP contribution >= 0.6 is 11.3 Å². The molecule has 1 aliphatic heterocycles. The first-order valence-corrected chi connectivity index (χ1v) is 9.56. The fourth-order valence-electron chi connectivity index (χ4n) is 3.04. The Morgan fingerprint density at radius 1 is 1.50 bits per heavy atom. The molecule has 0 unspecified atom stereocenters. The summed E-state index contributed by atoms with van der Waals surface area (Å²) in [6, 6.07) is 2.08. The van der Waals surface area contributed by atoms with Crippen molar-refractivity contribution in [1.29, 1.82) is 0 Å². The maximum atomic E-state index is 12.3. The Bertz CT molecular complexity index is 649. The fraction of sp³-hybridized carbons (Fsp3) is 0.643. The van der Waals surface area contributed by atoms with Gasteiger partial charge in [0, 0.05) is 16.7 Å². The zero-order valence-electron chi connectivity index (χ0n) is 11.7. The summed E-state index contributed by atoms with van der Waals surface area (Å²) in [7, 11) is -2.98. The molecule has 1 N–H and O–H groups in total. The molecule has 2 fully saturated rings. The minimum Gasteiger partial charge on any atom is -0.350 e. The number of thiophene rings is 1. The molecule has 2 aliphatic rings. The van der Waals surface area contributed by atoms with Crippen LogP contribution in [-0.2, 0) is 14.6 Å². The zero-order valence-corrected chi connectivity index (χ0v) is 13.3. The molecule has 0 aromatic carbocycles. The molecule has 1 aliphatic carbocycles. The highest BCUT2D eigenvalue weighted by molar-refractivity contribution is 7.91. The quantitative estimate of drug-likeness (QED) is 0.926. The van der Waals surface area contributed by atoms with Crippen LogP contribution in [0.5, 0.6) is 0 Å². The molecule has 0 spiro atoms. The Kier molecular flexibility index (Phi) is 3.21. The van der Waals surface area contributed by atoms with Crippen LogP contribution in [0, 0.1) is 12.8 Å². The van der Waals surface area contributed by atoms with E-state index in [1.807, 2.05) is 6.92 Å². The van der Waals surface area contributed by atoms with E-state index in [1.54, 1.807) is 11.3 Å². The number of carbonyl (C=O) groups excluding carboxylic acids is 1. The second-order valence-electron chi connectivity index (χ2n) is 6.31. The van der Waals surface area contributed by atoms with Gasteiger partial charge in [-0.1, -0.05) is 0 Å². The molecule has 2 heterocycles. The number of amides is 1. The number of carbonyl (C=O) groups is 1. The number of aryl methyl sites for hydroxylation is 1. The summed E-state index contributed by atoms with van der Waals surface area (Å²) < 4.78 is 23.1. The van der Waals surface area contributed by atoms with Crippen LogP contribution in [0.4, 0.5) is 0 Å². The minimum absolute atomic E-state index is 0.0161. The van der Waals surface area contributed by atoms with Crippen molar-refractivity contribution in [3.05, 3.63) is 21.9 Å². The SMILES string of the molecule is Cc1ccsc1[C@@H]1C[C@H]1C(=O)N[C@]1(C)CCS(=O)(=O)C1. The lowest BCUT2D eigenvalue weighted by Gasteiger charge is -2.24. The number of hydrogen-bond donors (Lipinski definition) is 1. The van der Waals surface area contributed by atoms with E-state index in [0.29, 0.717) is 12.3 Å². The molecule has 6 heteroatoms.